The minimum atomic E-state index is -0.816. The molecule has 0 spiro atoms. The molecule has 3 nitrogen and oxygen atoms in total. The van der Waals surface area contributed by atoms with Gasteiger partial charge in [-0.2, -0.15) is 5.10 Å². The molecule has 1 N–H and O–H groups in total. The second-order valence-corrected chi connectivity index (χ2v) is 7.59. The SMILES string of the molecule is CCn1ncc(Cl)c1C1(O)CCCC(C(C)(C)C)CC1. The number of aromatic nitrogens is 2. The Hall–Kier alpha value is -0.540. The van der Waals surface area contributed by atoms with E-state index in [1.54, 1.807) is 6.20 Å². The first-order valence-corrected chi connectivity index (χ1v) is 8.10. The Morgan fingerprint density at radius 3 is 2.70 bits per heavy atom. The molecule has 0 saturated heterocycles. The van der Waals surface area contributed by atoms with Crippen molar-refractivity contribution in [1.82, 2.24) is 9.78 Å². The van der Waals surface area contributed by atoms with Crippen LogP contribution in [-0.2, 0) is 12.1 Å². The van der Waals surface area contributed by atoms with E-state index in [9.17, 15) is 5.11 Å². The van der Waals surface area contributed by atoms with Gasteiger partial charge in [0.25, 0.3) is 0 Å². The zero-order chi connectivity index (χ0) is 15.0. The maximum atomic E-state index is 11.1. The monoisotopic (exact) mass is 298 g/mol. The highest BCUT2D eigenvalue weighted by molar-refractivity contribution is 6.31. The quantitative estimate of drug-likeness (QED) is 0.823. The van der Waals surface area contributed by atoms with Crippen molar-refractivity contribution in [2.24, 2.45) is 11.3 Å². The molecule has 0 amide bonds. The summed E-state index contributed by atoms with van der Waals surface area (Å²) in [7, 11) is 0. The van der Waals surface area contributed by atoms with Gasteiger partial charge in [-0.3, -0.25) is 4.68 Å². The molecule has 1 heterocycles. The van der Waals surface area contributed by atoms with Crippen LogP contribution in [0.1, 0.15) is 65.5 Å². The largest absolute Gasteiger partial charge is 0.384 e. The van der Waals surface area contributed by atoms with Crippen molar-refractivity contribution in [3.63, 3.8) is 0 Å². The molecule has 0 aromatic carbocycles. The predicted octanol–water partition coefficient (Wildman–Crippen LogP) is 4.37. The molecular weight excluding hydrogens is 272 g/mol. The third-order valence-corrected chi connectivity index (χ3v) is 5.09. The van der Waals surface area contributed by atoms with Crippen molar-refractivity contribution in [1.29, 1.82) is 0 Å². The Bertz CT molecular complexity index is 464. The van der Waals surface area contributed by atoms with Crippen LogP contribution in [0.2, 0.25) is 5.02 Å². The normalized spacial score (nSPS) is 28.4. The molecule has 2 rings (SSSR count). The standard InChI is InChI=1S/C16H27ClN2O/c1-5-19-14(13(17)11-18-19)16(20)9-6-7-12(8-10-16)15(2,3)4/h11-12,20H,5-10H2,1-4H3. The number of hydrogen-bond acceptors (Lipinski definition) is 2. The second kappa shape index (κ2) is 5.69. The lowest BCUT2D eigenvalue weighted by Crippen LogP contribution is -2.29. The summed E-state index contributed by atoms with van der Waals surface area (Å²) in [5.74, 6) is 0.660. The van der Waals surface area contributed by atoms with Gasteiger partial charge in [0.05, 0.1) is 16.9 Å². The highest BCUT2D eigenvalue weighted by Crippen LogP contribution is 2.44. The molecule has 0 radical (unpaired) electrons. The van der Waals surface area contributed by atoms with Gasteiger partial charge in [-0.1, -0.05) is 32.4 Å². The summed E-state index contributed by atoms with van der Waals surface area (Å²) in [5, 5.41) is 16.0. The van der Waals surface area contributed by atoms with E-state index < -0.39 is 5.60 Å². The maximum Gasteiger partial charge on any atom is 0.108 e. The highest BCUT2D eigenvalue weighted by atomic mass is 35.5. The van der Waals surface area contributed by atoms with Crippen LogP contribution in [0, 0.1) is 11.3 Å². The van der Waals surface area contributed by atoms with Gasteiger partial charge in [-0.05, 0) is 50.4 Å². The Morgan fingerprint density at radius 2 is 2.10 bits per heavy atom. The summed E-state index contributed by atoms with van der Waals surface area (Å²) in [6.45, 7) is 9.67. The van der Waals surface area contributed by atoms with E-state index in [-0.39, 0.29) is 0 Å². The van der Waals surface area contributed by atoms with E-state index >= 15 is 0 Å². The molecule has 0 aliphatic heterocycles. The minimum absolute atomic E-state index is 0.306. The number of aryl methyl sites for hydroxylation is 1. The molecule has 1 aromatic heterocycles. The van der Waals surface area contributed by atoms with Crippen LogP contribution in [0.15, 0.2) is 6.20 Å². The summed E-state index contributed by atoms with van der Waals surface area (Å²) < 4.78 is 1.85. The molecule has 1 fully saturated rings. The molecule has 114 valence electrons. The van der Waals surface area contributed by atoms with Gasteiger partial charge in [0.15, 0.2) is 0 Å². The first-order chi connectivity index (χ1) is 9.28. The van der Waals surface area contributed by atoms with E-state index in [2.05, 4.69) is 25.9 Å². The number of hydrogen-bond donors (Lipinski definition) is 1. The molecule has 2 unspecified atom stereocenters. The zero-order valence-electron chi connectivity index (χ0n) is 13.1. The van der Waals surface area contributed by atoms with Crippen LogP contribution in [0.5, 0.6) is 0 Å². The average molecular weight is 299 g/mol. The number of nitrogens with zero attached hydrogens (tertiary/aromatic N) is 2. The van der Waals surface area contributed by atoms with Crippen molar-refractivity contribution in [2.45, 2.75) is 71.9 Å². The van der Waals surface area contributed by atoms with E-state index in [0.29, 0.717) is 16.4 Å². The van der Waals surface area contributed by atoms with E-state index in [1.165, 1.54) is 6.42 Å². The third kappa shape index (κ3) is 3.04. The molecule has 20 heavy (non-hydrogen) atoms. The lowest BCUT2D eigenvalue weighted by atomic mass is 9.76. The summed E-state index contributed by atoms with van der Waals surface area (Å²) >= 11 is 6.28. The Kier molecular flexibility index (Phi) is 4.50. The zero-order valence-corrected chi connectivity index (χ0v) is 13.9. The lowest BCUT2D eigenvalue weighted by molar-refractivity contribution is 0.00953. The summed E-state index contributed by atoms with van der Waals surface area (Å²) in [6, 6.07) is 0. The number of aliphatic hydroxyl groups is 1. The summed E-state index contributed by atoms with van der Waals surface area (Å²) in [5.41, 5.74) is 0.306. The number of rotatable bonds is 2. The Labute approximate surface area is 127 Å². The molecular formula is C16H27ClN2O. The van der Waals surface area contributed by atoms with Crippen molar-refractivity contribution >= 4 is 11.6 Å². The van der Waals surface area contributed by atoms with Gasteiger partial charge in [-0.15, -0.1) is 0 Å². The van der Waals surface area contributed by atoms with E-state index in [0.717, 1.165) is 37.9 Å². The van der Waals surface area contributed by atoms with Crippen LogP contribution < -0.4 is 0 Å². The van der Waals surface area contributed by atoms with Crippen molar-refractivity contribution in [3.8, 4) is 0 Å². The molecule has 2 atom stereocenters. The molecule has 1 aliphatic carbocycles. The minimum Gasteiger partial charge on any atom is -0.384 e. The van der Waals surface area contributed by atoms with Crippen LogP contribution in [-0.4, -0.2) is 14.9 Å². The van der Waals surface area contributed by atoms with Crippen LogP contribution in [0.4, 0.5) is 0 Å². The van der Waals surface area contributed by atoms with Gasteiger partial charge in [-0.25, -0.2) is 0 Å². The summed E-state index contributed by atoms with van der Waals surface area (Å²) in [6.07, 6.45) is 6.49. The van der Waals surface area contributed by atoms with E-state index in [4.69, 9.17) is 11.6 Å². The summed E-state index contributed by atoms with van der Waals surface area (Å²) in [4.78, 5) is 0. The van der Waals surface area contributed by atoms with Crippen LogP contribution >= 0.6 is 11.6 Å². The first-order valence-electron chi connectivity index (χ1n) is 7.72. The fourth-order valence-electron chi connectivity index (χ4n) is 3.49. The lowest BCUT2D eigenvalue weighted by Gasteiger charge is -2.31. The maximum absolute atomic E-state index is 11.1. The Balaban J connectivity index is 2.25. The van der Waals surface area contributed by atoms with Gasteiger partial charge in [0.1, 0.15) is 5.60 Å². The smallest absolute Gasteiger partial charge is 0.108 e. The van der Waals surface area contributed by atoms with Gasteiger partial charge < -0.3 is 5.11 Å². The van der Waals surface area contributed by atoms with Crippen molar-refractivity contribution in [3.05, 3.63) is 16.9 Å². The van der Waals surface area contributed by atoms with Gasteiger partial charge in [0, 0.05) is 6.54 Å². The molecule has 4 heteroatoms. The first kappa shape index (κ1) is 15.8. The van der Waals surface area contributed by atoms with Gasteiger partial charge in [0.2, 0.25) is 0 Å². The highest BCUT2D eigenvalue weighted by Gasteiger charge is 2.39. The van der Waals surface area contributed by atoms with E-state index in [1.807, 2.05) is 11.6 Å². The second-order valence-electron chi connectivity index (χ2n) is 7.18. The topological polar surface area (TPSA) is 38.0 Å². The van der Waals surface area contributed by atoms with Crippen molar-refractivity contribution in [2.75, 3.05) is 0 Å². The number of halogens is 1. The molecule has 0 bridgehead atoms. The predicted molar refractivity (Wildman–Crippen MR) is 82.8 cm³/mol. The van der Waals surface area contributed by atoms with Crippen LogP contribution in [0.25, 0.3) is 0 Å². The fraction of sp³-hybridized carbons (Fsp3) is 0.812. The molecule has 1 saturated carbocycles. The average Bonchev–Trinajstić information content (AvgIpc) is 2.61. The van der Waals surface area contributed by atoms with Gasteiger partial charge >= 0.3 is 0 Å². The fourth-order valence-corrected chi connectivity index (χ4v) is 3.81. The Morgan fingerprint density at radius 1 is 1.40 bits per heavy atom. The third-order valence-electron chi connectivity index (χ3n) is 4.81. The van der Waals surface area contributed by atoms with Crippen LogP contribution in [0.3, 0.4) is 0 Å². The van der Waals surface area contributed by atoms with Crippen molar-refractivity contribution < 1.29 is 5.11 Å². The molecule has 1 aromatic rings. The molecule has 1 aliphatic rings.